The van der Waals surface area contributed by atoms with Crippen LogP contribution in [0.5, 0.6) is 5.75 Å². The van der Waals surface area contributed by atoms with Gasteiger partial charge in [-0.3, -0.25) is 13.5 Å². The molecule has 2 aromatic heterocycles. The number of anilines is 1. The van der Waals surface area contributed by atoms with Crippen LogP contribution < -0.4 is 10.0 Å². The molecule has 4 atom stereocenters. The van der Waals surface area contributed by atoms with E-state index in [9.17, 15) is 28.5 Å². The van der Waals surface area contributed by atoms with Gasteiger partial charge in [0.2, 0.25) is 0 Å². The van der Waals surface area contributed by atoms with Crippen LogP contribution in [-0.2, 0) is 19.2 Å². The Bertz CT molecular complexity index is 1380. The van der Waals surface area contributed by atoms with Crippen molar-refractivity contribution < 1.29 is 37.5 Å². The van der Waals surface area contributed by atoms with Crippen LogP contribution in [0.25, 0.3) is 11.2 Å². The summed E-state index contributed by atoms with van der Waals surface area (Å²) in [4.78, 5) is 24.9. The lowest BCUT2D eigenvalue weighted by Gasteiger charge is -2.26. The zero-order chi connectivity index (χ0) is 25.4. The molecule has 1 aromatic carbocycles. The first-order valence-corrected chi connectivity index (χ1v) is 12.6. The predicted molar refractivity (Wildman–Crippen MR) is 123 cm³/mol. The first-order valence-electron chi connectivity index (χ1n) is 11.2. The Labute approximate surface area is 205 Å². The highest BCUT2D eigenvalue weighted by Crippen LogP contribution is 2.33. The number of rotatable bonds is 8. The molecule has 0 radical (unpaired) electrons. The number of nitrogens with zero attached hydrogens (tertiary/aromatic N) is 4. The number of phenolic OH excluding ortho intramolecular Hbond substituents is 1. The number of carbonyl (C=O) groups is 1. The van der Waals surface area contributed by atoms with Crippen molar-refractivity contribution in [2.75, 3.05) is 11.9 Å². The molecule has 5 rings (SSSR count). The number of nitrogens with one attached hydrogen (secondary N) is 2. The fourth-order valence-electron chi connectivity index (χ4n) is 4.01. The van der Waals surface area contributed by atoms with Gasteiger partial charge in [0.1, 0.15) is 30.4 Å². The van der Waals surface area contributed by atoms with Crippen molar-refractivity contribution in [3.05, 3.63) is 42.5 Å². The molecular weight excluding hydrogens is 496 g/mol. The smallest absolute Gasteiger partial charge is 0.362 e. The molecule has 1 amide bonds. The summed E-state index contributed by atoms with van der Waals surface area (Å²) in [6, 6.07) is 5.68. The summed E-state index contributed by atoms with van der Waals surface area (Å²) >= 11 is 0. The van der Waals surface area contributed by atoms with E-state index in [0.717, 1.165) is 19.3 Å². The molecule has 192 valence electrons. The number of aliphatic hydroxyl groups is 2. The van der Waals surface area contributed by atoms with E-state index < -0.39 is 53.1 Å². The van der Waals surface area contributed by atoms with E-state index in [1.807, 2.05) is 0 Å². The summed E-state index contributed by atoms with van der Waals surface area (Å²) in [7, 11) is -4.63. The predicted octanol–water partition coefficient (Wildman–Crippen LogP) is -0.193. The first kappa shape index (κ1) is 24.3. The number of hydrogen-bond donors (Lipinski definition) is 5. The minimum atomic E-state index is -4.63. The molecule has 0 unspecified atom stereocenters. The minimum absolute atomic E-state index is 0.266. The van der Waals surface area contributed by atoms with Crippen LogP contribution in [0.3, 0.4) is 0 Å². The molecule has 14 nitrogen and oxygen atoms in total. The fraction of sp³-hybridized carbons (Fsp3) is 0.429. The fourth-order valence-corrected chi connectivity index (χ4v) is 4.72. The number of fused-ring (bicyclic) bond motifs is 1. The van der Waals surface area contributed by atoms with Gasteiger partial charge in [-0.05, 0) is 31.4 Å². The van der Waals surface area contributed by atoms with Crippen molar-refractivity contribution >= 4 is 33.2 Å². The molecular formula is C21H24N6O8S. The van der Waals surface area contributed by atoms with Crippen molar-refractivity contribution in [1.29, 1.82) is 0 Å². The molecule has 1 aliphatic heterocycles. The number of ether oxygens (including phenoxy) is 1. The highest BCUT2D eigenvalue weighted by Gasteiger charge is 2.45. The number of hydrogen-bond acceptors (Lipinski definition) is 12. The van der Waals surface area contributed by atoms with E-state index in [0.29, 0.717) is 23.0 Å². The quantitative estimate of drug-likeness (QED) is 0.263. The highest BCUT2D eigenvalue weighted by molar-refractivity contribution is 7.85. The van der Waals surface area contributed by atoms with Gasteiger partial charge in [0.05, 0.1) is 18.5 Å². The number of phenols is 1. The van der Waals surface area contributed by atoms with Crippen molar-refractivity contribution in [3.63, 3.8) is 0 Å². The van der Waals surface area contributed by atoms with Gasteiger partial charge < -0.3 is 25.4 Å². The van der Waals surface area contributed by atoms with Crippen molar-refractivity contribution in [1.82, 2.24) is 24.2 Å². The minimum Gasteiger partial charge on any atom is -0.507 e. The van der Waals surface area contributed by atoms with Crippen molar-refractivity contribution in [3.8, 4) is 5.75 Å². The van der Waals surface area contributed by atoms with Gasteiger partial charge in [-0.1, -0.05) is 12.1 Å². The lowest BCUT2D eigenvalue weighted by atomic mass is 9.93. The monoisotopic (exact) mass is 520 g/mol. The van der Waals surface area contributed by atoms with E-state index in [1.165, 1.54) is 41.5 Å². The Morgan fingerprint density at radius 3 is 2.67 bits per heavy atom. The number of benzene rings is 1. The lowest BCUT2D eigenvalue weighted by Crippen LogP contribution is -2.37. The number of imidazole rings is 1. The number of carbonyl (C=O) groups excluding carboxylic acids is 1. The Morgan fingerprint density at radius 2 is 1.94 bits per heavy atom. The van der Waals surface area contributed by atoms with Gasteiger partial charge >= 0.3 is 10.3 Å². The maximum atomic E-state index is 12.2. The van der Waals surface area contributed by atoms with Crippen LogP contribution in [0, 0.1) is 0 Å². The summed E-state index contributed by atoms with van der Waals surface area (Å²) < 4.78 is 38.1. The van der Waals surface area contributed by atoms with Gasteiger partial charge in [0.15, 0.2) is 23.2 Å². The maximum absolute atomic E-state index is 12.2. The molecule has 3 aromatic rings. The number of aromatic nitrogens is 4. The van der Waals surface area contributed by atoms with Gasteiger partial charge in [0.25, 0.3) is 5.91 Å². The number of aromatic hydroxyl groups is 1. The number of aliphatic hydroxyl groups excluding tert-OH is 2. The second-order valence-corrected chi connectivity index (χ2v) is 9.90. The molecule has 1 saturated heterocycles. The second kappa shape index (κ2) is 9.59. The zero-order valence-electron chi connectivity index (χ0n) is 18.8. The van der Waals surface area contributed by atoms with Crippen LogP contribution in [-0.4, -0.2) is 80.1 Å². The van der Waals surface area contributed by atoms with E-state index in [2.05, 4.69) is 20.3 Å². The normalized spacial score (nSPS) is 24.5. The Morgan fingerprint density at radius 1 is 1.17 bits per heavy atom. The van der Waals surface area contributed by atoms with Gasteiger partial charge in [-0.25, -0.2) is 19.7 Å². The van der Waals surface area contributed by atoms with Crippen LogP contribution in [0.1, 0.15) is 35.8 Å². The number of para-hydroxylation sites is 1. The molecule has 0 spiro atoms. The molecule has 3 heterocycles. The summed E-state index contributed by atoms with van der Waals surface area (Å²) in [5.41, 5.74) is 0.550. The molecule has 15 heteroatoms. The highest BCUT2D eigenvalue weighted by atomic mass is 32.2. The molecule has 36 heavy (non-hydrogen) atoms. The Hall–Kier alpha value is -3.37. The molecule has 1 saturated carbocycles. The van der Waals surface area contributed by atoms with E-state index in [-0.39, 0.29) is 5.56 Å². The first-order chi connectivity index (χ1) is 17.2. The van der Waals surface area contributed by atoms with Crippen LogP contribution in [0.4, 0.5) is 5.82 Å². The molecule has 5 N–H and O–H groups in total. The SMILES string of the molecule is O=C(NS(=O)(=O)OC[C@H]1O[C@@H](n2cnc3c(NC4CCC4)ncnc32)[C@H](O)[C@@H]1O)c1ccccc1O. The average molecular weight is 521 g/mol. The largest absolute Gasteiger partial charge is 0.507 e. The van der Waals surface area contributed by atoms with E-state index in [4.69, 9.17) is 8.92 Å². The van der Waals surface area contributed by atoms with Crippen molar-refractivity contribution in [2.45, 2.75) is 49.8 Å². The third kappa shape index (κ3) is 4.70. The summed E-state index contributed by atoms with van der Waals surface area (Å²) in [5, 5.41) is 34.1. The maximum Gasteiger partial charge on any atom is 0.362 e. The third-order valence-corrected chi connectivity index (χ3v) is 7.05. The Balaban J connectivity index is 1.26. The summed E-state index contributed by atoms with van der Waals surface area (Å²) in [6.45, 7) is -0.700. The van der Waals surface area contributed by atoms with E-state index in [1.54, 1.807) is 4.72 Å². The molecule has 2 aliphatic rings. The van der Waals surface area contributed by atoms with Crippen LogP contribution in [0.15, 0.2) is 36.9 Å². The summed E-state index contributed by atoms with van der Waals surface area (Å²) in [5.74, 6) is -0.967. The summed E-state index contributed by atoms with van der Waals surface area (Å²) in [6.07, 6.45) is 0.576. The van der Waals surface area contributed by atoms with Crippen LogP contribution >= 0.6 is 0 Å². The van der Waals surface area contributed by atoms with Gasteiger partial charge in [0, 0.05) is 6.04 Å². The average Bonchev–Trinajstić information content (AvgIpc) is 3.36. The topological polar surface area (TPSA) is 198 Å². The zero-order valence-corrected chi connectivity index (χ0v) is 19.6. The van der Waals surface area contributed by atoms with Gasteiger partial charge in [-0.15, -0.1) is 0 Å². The van der Waals surface area contributed by atoms with E-state index >= 15 is 0 Å². The standard InChI is InChI=1S/C21H24N6O8S/c28-13-7-2-1-6-12(13)20(31)26-36(32,33)34-8-14-16(29)17(30)21(35-14)27-10-24-15-18(22-9-23-19(15)27)25-11-4-3-5-11/h1-2,6-7,9-11,14,16-17,21,28-30H,3-5,8H2,(H,26,31)(H,22,23,25)/t14-,16-,17-,21-/m1/s1. The third-order valence-electron chi connectivity index (χ3n) is 6.17. The Kier molecular flexibility index (Phi) is 6.48. The molecule has 1 aliphatic carbocycles. The van der Waals surface area contributed by atoms with Crippen LogP contribution in [0.2, 0.25) is 0 Å². The van der Waals surface area contributed by atoms with Gasteiger partial charge in [-0.2, -0.15) is 8.42 Å². The second-order valence-electron chi connectivity index (χ2n) is 8.55. The lowest BCUT2D eigenvalue weighted by molar-refractivity contribution is -0.0468. The number of amides is 1. The van der Waals surface area contributed by atoms with Crippen molar-refractivity contribution in [2.24, 2.45) is 0 Å². The molecule has 2 fully saturated rings. The molecule has 0 bridgehead atoms.